The van der Waals surface area contributed by atoms with Crippen molar-refractivity contribution < 1.29 is 0 Å². The quantitative estimate of drug-likeness (QED) is 0.898. The van der Waals surface area contributed by atoms with Gasteiger partial charge >= 0.3 is 0 Å². The van der Waals surface area contributed by atoms with Crippen LogP contribution in [0.15, 0.2) is 24.3 Å². The summed E-state index contributed by atoms with van der Waals surface area (Å²) in [7, 11) is 4.45. The first-order valence-corrected chi connectivity index (χ1v) is 8.10. The van der Waals surface area contributed by atoms with Gasteiger partial charge in [-0.15, -0.1) is 0 Å². The van der Waals surface area contributed by atoms with Crippen molar-refractivity contribution in [3.05, 3.63) is 29.8 Å². The minimum Gasteiger partial charge on any atom is -0.373 e. The molecule has 0 aromatic heterocycles. The normalized spacial score (nSPS) is 20.0. The average Bonchev–Trinajstić information content (AvgIpc) is 2.82. The van der Waals surface area contributed by atoms with Crippen LogP contribution in [0, 0.1) is 0 Å². The van der Waals surface area contributed by atoms with Gasteiger partial charge in [-0.05, 0) is 64.9 Å². The Bertz CT molecular complexity index is 433. The zero-order valence-electron chi connectivity index (χ0n) is 14.3. The van der Waals surface area contributed by atoms with Crippen molar-refractivity contribution in [2.45, 2.75) is 51.7 Å². The first-order valence-electron chi connectivity index (χ1n) is 8.10. The number of hydrogen-bond acceptors (Lipinski definition) is 3. The van der Waals surface area contributed by atoms with Gasteiger partial charge in [0.25, 0.3) is 0 Å². The maximum absolute atomic E-state index is 3.53. The number of rotatable bonds is 5. The molecule has 1 N–H and O–H groups in total. The van der Waals surface area contributed by atoms with E-state index in [-0.39, 0.29) is 5.54 Å². The summed E-state index contributed by atoms with van der Waals surface area (Å²) >= 11 is 0. The van der Waals surface area contributed by atoms with Crippen LogP contribution in [0.25, 0.3) is 0 Å². The van der Waals surface area contributed by atoms with Gasteiger partial charge in [0.15, 0.2) is 0 Å². The average molecular weight is 289 g/mol. The smallest absolute Gasteiger partial charge is 0.0364 e. The number of hydrogen-bond donors (Lipinski definition) is 1. The highest BCUT2D eigenvalue weighted by atomic mass is 15.2. The summed E-state index contributed by atoms with van der Waals surface area (Å²) < 4.78 is 0. The molecule has 2 rings (SSSR count). The number of likely N-dealkylation sites (N-methyl/N-ethyl adjacent to an activating group) is 2. The van der Waals surface area contributed by atoms with E-state index in [1.807, 2.05) is 0 Å². The Morgan fingerprint density at radius 2 is 1.90 bits per heavy atom. The van der Waals surface area contributed by atoms with Gasteiger partial charge in [-0.1, -0.05) is 12.1 Å². The van der Waals surface area contributed by atoms with Crippen molar-refractivity contribution in [1.82, 2.24) is 10.2 Å². The van der Waals surface area contributed by atoms with Crippen LogP contribution in [0.2, 0.25) is 0 Å². The Balaban J connectivity index is 1.89. The molecule has 21 heavy (non-hydrogen) atoms. The molecule has 3 heteroatoms. The van der Waals surface area contributed by atoms with E-state index in [9.17, 15) is 0 Å². The molecule has 0 amide bonds. The molecule has 1 aromatic rings. The van der Waals surface area contributed by atoms with Crippen LogP contribution in [0.3, 0.4) is 0 Å². The highest BCUT2D eigenvalue weighted by molar-refractivity contribution is 5.47. The highest BCUT2D eigenvalue weighted by Gasteiger charge is 2.22. The third-order valence-corrected chi connectivity index (χ3v) is 4.36. The number of nitrogens with zero attached hydrogens (tertiary/aromatic N) is 2. The molecule has 0 radical (unpaired) electrons. The van der Waals surface area contributed by atoms with Crippen molar-refractivity contribution >= 4 is 5.69 Å². The van der Waals surface area contributed by atoms with Crippen molar-refractivity contribution in [3.63, 3.8) is 0 Å². The SMILES string of the molecule is CN(CC1CCCN1C)c1ccc(CNC(C)(C)C)cc1. The number of nitrogens with one attached hydrogen (secondary N) is 1. The Morgan fingerprint density at radius 1 is 1.24 bits per heavy atom. The number of anilines is 1. The summed E-state index contributed by atoms with van der Waals surface area (Å²) in [5, 5.41) is 3.53. The van der Waals surface area contributed by atoms with E-state index in [4.69, 9.17) is 0 Å². The lowest BCUT2D eigenvalue weighted by Crippen LogP contribution is -2.36. The van der Waals surface area contributed by atoms with Crippen molar-refractivity contribution in [2.24, 2.45) is 0 Å². The number of benzene rings is 1. The van der Waals surface area contributed by atoms with Crippen LogP contribution in [-0.4, -0.2) is 43.7 Å². The van der Waals surface area contributed by atoms with Gasteiger partial charge in [0.1, 0.15) is 0 Å². The van der Waals surface area contributed by atoms with E-state index in [1.54, 1.807) is 0 Å². The van der Waals surface area contributed by atoms with Gasteiger partial charge in [0, 0.05) is 37.4 Å². The monoisotopic (exact) mass is 289 g/mol. The van der Waals surface area contributed by atoms with Gasteiger partial charge in [-0.2, -0.15) is 0 Å². The third kappa shape index (κ3) is 5.01. The second-order valence-corrected chi connectivity index (χ2v) is 7.43. The molecule has 1 unspecified atom stereocenters. The summed E-state index contributed by atoms with van der Waals surface area (Å²) in [6, 6.07) is 9.67. The van der Waals surface area contributed by atoms with E-state index in [0.717, 1.165) is 13.1 Å². The predicted octanol–water partition coefficient (Wildman–Crippen LogP) is 3.11. The minimum absolute atomic E-state index is 0.169. The molecule has 1 atom stereocenters. The lowest BCUT2D eigenvalue weighted by molar-refractivity contribution is 0.314. The zero-order valence-corrected chi connectivity index (χ0v) is 14.3. The zero-order chi connectivity index (χ0) is 15.5. The molecule has 1 aliphatic rings. The molecule has 1 heterocycles. The molecule has 0 aliphatic carbocycles. The van der Waals surface area contributed by atoms with Crippen LogP contribution in [0.4, 0.5) is 5.69 Å². The van der Waals surface area contributed by atoms with Crippen LogP contribution in [-0.2, 0) is 6.54 Å². The molecule has 1 aliphatic heterocycles. The lowest BCUT2D eigenvalue weighted by atomic mass is 10.1. The first-order chi connectivity index (χ1) is 9.85. The Morgan fingerprint density at radius 3 is 2.43 bits per heavy atom. The van der Waals surface area contributed by atoms with Gasteiger partial charge in [-0.3, -0.25) is 0 Å². The maximum atomic E-state index is 3.53. The Kier molecular flexibility index (Phi) is 5.28. The van der Waals surface area contributed by atoms with E-state index in [2.05, 4.69) is 74.2 Å². The molecular formula is C18H31N3. The van der Waals surface area contributed by atoms with E-state index < -0.39 is 0 Å². The van der Waals surface area contributed by atoms with Crippen LogP contribution in [0.1, 0.15) is 39.2 Å². The molecular weight excluding hydrogens is 258 g/mol. The molecule has 0 saturated carbocycles. The van der Waals surface area contributed by atoms with Gasteiger partial charge in [-0.25, -0.2) is 0 Å². The van der Waals surface area contributed by atoms with Gasteiger partial charge in [0.05, 0.1) is 0 Å². The molecule has 0 spiro atoms. The molecule has 1 aromatic carbocycles. The first kappa shape index (κ1) is 16.3. The Labute approximate surface area is 130 Å². The van der Waals surface area contributed by atoms with Crippen molar-refractivity contribution in [3.8, 4) is 0 Å². The molecule has 3 nitrogen and oxygen atoms in total. The maximum Gasteiger partial charge on any atom is 0.0364 e. The van der Waals surface area contributed by atoms with Gasteiger partial charge < -0.3 is 15.1 Å². The fourth-order valence-electron chi connectivity index (χ4n) is 2.87. The summed E-state index contributed by atoms with van der Waals surface area (Å²) in [6.07, 6.45) is 2.67. The fourth-order valence-corrected chi connectivity index (χ4v) is 2.87. The third-order valence-electron chi connectivity index (χ3n) is 4.36. The summed E-state index contributed by atoms with van der Waals surface area (Å²) in [5.41, 5.74) is 2.83. The van der Waals surface area contributed by atoms with Crippen LogP contribution < -0.4 is 10.2 Å². The lowest BCUT2D eigenvalue weighted by Gasteiger charge is -2.27. The summed E-state index contributed by atoms with van der Waals surface area (Å²) in [5.74, 6) is 0. The number of likely N-dealkylation sites (tertiary alicyclic amines) is 1. The van der Waals surface area contributed by atoms with E-state index in [0.29, 0.717) is 6.04 Å². The molecule has 0 bridgehead atoms. The minimum atomic E-state index is 0.169. The molecule has 1 fully saturated rings. The second-order valence-electron chi connectivity index (χ2n) is 7.43. The van der Waals surface area contributed by atoms with E-state index >= 15 is 0 Å². The largest absolute Gasteiger partial charge is 0.373 e. The highest BCUT2D eigenvalue weighted by Crippen LogP contribution is 2.20. The van der Waals surface area contributed by atoms with Crippen molar-refractivity contribution in [1.29, 1.82) is 0 Å². The van der Waals surface area contributed by atoms with Crippen LogP contribution >= 0.6 is 0 Å². The predicted molar refractivity (Wildman–Crippen MR) is 92.0 cm³/mol. The van der Waals surface area contributed by atoms with Crippen LogP contribution in [0.5, 0.6) is 0 Å². The van der Waals surface area contributed by atoms with Crippen molar-refractivity contribution in [2.75, 3.05) is 32.1 Å². The van der Waals surface area contributed by atoms with Gasteiger partial charge in [0.2, 0.25) is 0 Å². The second kappa shape index (κ2) is 6.80. The summed E-state index contributed by atoms with van der Waals surface area (Å²) in [4.78, 5) is 4.87. The molecule has 1 saturated heterocycles. The fraction of sp³-hybridized carbons (Fsp3) is 0.667. The summed E-state index contributed by atoms with van der Waals surface area (Å²) in [6.45, 7) is 9.90. The Hall–Kier alpha value is -1.06. The standard InChI is InChI=1S/C18H31N3/c1-18(2,3)19-13-15-8-10-16(11-9-15)21(5)14-17-7-6-12-20(17)4/h8-11,17,19H,6-7,12-14H2,1-5H3. The molecule has 118 valence electrons. The van der Waals surface area contributed by atoms with E-state index in [1.165, 1.54) is 30.6 Å². The topological polar surface area (TPSA) is 18.5 Å².